The number of primary amides is 1. The SMILES string of the molecule is C[C@H]1C[C@H]2C=C(COC(N)=O)CC1C2S(=O)(=O)c1cc(C(=O)Nc2cc(F)c(F)c(F)c2)ccc1Cl. The average molecular weight is 543 g/mol. The second kappa shape index (κ2) is 9.78. The van der Waals surface area contributed by atoms with Gasteiger partial charge in [0.25, 0.3) is 5.91 Å². The van der Waals surface area contributed by atoms with Crippen molar-refractivity contribution in [3.63, 3.8) is 0 Å². The summed E-state index contributed by atoms with van der Waals surface area (Å²) in [4.78, 5) is 23.4. The van der Waals surface area contributed by atoms with Gasteiger partial charge >= 0.3 is 6.09 Å². The van der Waals surface area contributed by atoms with E-state index in [0.29, 0.717) is 25.0 Å². The van der Waals surface area contributed by atoms with E-state index in [4.69, 9.17) is 22.1 Å². The van der Waals surface area contributed by atoms with Gasteiger partial charge in [0.2, 0.25) is 0 Å². The number of fused-ring (bicyclic) bond motifs is 2. The maximum atomic E-state index is 13.8. The summed E-state index contributed by atoms with van der Waals surface area (Å²) in [6.45, 7) is 1.94. The molecular formula is C24H22ClF3N2O5S. The normalized spacial score (nSPS) is 23.2. The van der Waals surface area contributed by atoms with Crippen LogP contribution in [0.4, 0.5) is 23.7 Å². The maximum Gasteiger partial charge on any atom is 0.404 e. The summed E-state index contributed by atoms with van der Waals surface area (Å²) in [7, 11) is -4.02. The van der Waals surface area contributed by atoms with Gasteiger partial charge in [-0.2, -0.15) is 0 Å². The van der Waals surface area contributed by atoms with E-state index < -0.39 is 44.5 Å². The first-order valence-electron chi connectivity index (χ1n) is 11.0. The van der Waals surface area contributed by atoms with Crippen molar-refractivity contribution in [3.8, 4) is 0 Å². The second-order valence-electron chi connectivity index (χ2n) is 9.04. The number of ether oxygens (including phenoxy) is 1. The number of carbonyl (C=O) groups is 2. The number of rotatable bonds is 6. The Morgan fingerprint density at radius 1 is 1.17 bits per heavy atom. The summed E-state index contributed by atoms with van der Waals surface area (Å²) in [6.07, 6.45) is 1.88. The molecule has 2 aliphatic carbocycles. The number of sulfone groups is 1. The topological polar surface area (TPSA) is 116 Å². The predicted molar refractivity (Wildman–Crippen MR) is 126 cm³/mol. The fourth-order valence-electron chi connectivity index (χ4n) is 5.10. The van der Waals surface area contributed by atoms with Crippen LogP contribution in [-0.4, -0.2) is 32.3 Å². The molecule has 4 rings (SSSR count). The summed E-state index contributed by atoms with van der Waals surface area (Å²) >= 11 is 6.25. The molecule has 3 N–H and O–H groups in total. The van der Waals surface area contributed by atoms with Crippen LogP contribution in [0.1, 0.15) is 30.1 Å². The number of amides is 2. The van der Waals surface area contributed by atoms with Gasteiger partial charge < -0.3 is 15.8 Å². The number of hydrogen-bond donors (Lipinski definition) is 2. The molecule has 0 saturated heterocycles. The lowest BCUT2D eigenvalue weighted by Crippen LogP contribution is -2.35. The molecule has 2 aliphatic rings. The molecule has 2 bridgehead atoms. The molecule has 2 amide bonds. The van der Waals surface area contributed by atoms with Crippen molar-refractivity contribution in [2.24, 2.45) is 23.5 Å². The van der Waals surface area contributed by atoms with Gasteiger partial charge in [-0.3, -0.25) is 4.79 Å². The van der Waals surface area contributed by atoms with Crippen molar-refractivity contribution in [2.75, 3.05) is 11.9 Å². The standard InChI is InChI=1S/C24H22ClF3N2O5S/c1-11-4-14-5-12(10-35-24(29)32)6-16(11)22(14)36(33,34)20-7-13(2-3-17(20)25)23(31)30-15-8-18(26)21(28)19(27)9-15/h2-3,5,7-9,11,14,16,22H,4,6,10H2,1H3,(H2,29,32)(H,30,31)/t11-,14-,16?,22?/m0/s1. The number of halogens is 4. The molecule has 2 aromatic rings. The number of nitrogens with one attached hydrogen (secondary N) is 1. The zero-order chi connectivity index (χ0) is 26.4. The van der Waals surface area contributed by atoms with Gasteiger partial charge in [0.05, 0.1) is 15.2 Å². The van der Waals surface area contributed by atoms with E-state index in [2.05, 4.69) is 5.32 Å². The number of nitrogens with two attached hydrogens (primary N) is 1. The highest BCUT2D eigenvalue weighted by Gasteiger charge is 2.50. The Hall–Kier alpha value is -3.05. The Kier molecular flexibility index (Phi) is 7.07. The third-order valence-electron chi connectivity index (χ3n) is 6.67. The van der Waals surface area contributed by atoms with E-state index in [1.54, 1.807) is 6.08 Å². The van der Waals surface area contributed by atoms with E-state index >= 15 is 0 Å². The molecule has 7 nitrogen and oxygen atoms in total. The van der Waals surface area contributed by atoms with Gasteiger partial charge in [-0.1, -0.05) is 24.6 Å². The molecule has 2 unspecified atom stereocenters. The van der Waals surface area contributed by atoms with Crippen LogP contribution in [0.15, 0.2) is 46.9 Å². The van der Waals surface area contributed by atoms with Crippen LogP contribution in [0.3, 0.4) is 0 Å². The summed E-state index contributed by atoms with van der Waals surface area (Å²) in [5.74, 6) is -6.07. The molecular weight excluding hydrogens is 521 g/mol. The van der Waals surface area contributed by atoms with Crippen LogP contribution in [-0.2, 0) is 14.6 Å². The first kappa shape index (κ1) is 26.0. The third kappa shape index (κ3) is 4.94. The van der Waals surface area contributed by atoms with Crippen molar-refractivity contribution < 1.29 is 35.9 Å². The fourth-order valence-corrected chi connectivity index (χ4v) is 7.94. The largest absolute Gasteiger partial charge is 0.445 e. The molecule has 0 radical (unpaired) electrons. The lowest BCUT2D eigenvalue weighted by Gasteiger charge is -2.30. The van der Waals surface area contributed by atoms with Gasteiger partial charge in [-0.05, 0) is 54.4 Å². The zero-order valence-electron chi connectivity index (χ0n) is 18.9. The summed E-state index contributed by atoms with van der Waals surface area (Å²) in [5, 5.41) is 1.34. The Balaban J connectivity index is 1.62. The van der Waals surface area contributed by atoms with Gasteiger partial charge in [-0.15, -0.1) is 0 Å². The number of hydrogen-bond acceptors (Lipinski definition) is 5. The Morgan fingerprint density at radius 2 is 1.83 bits per heavy atom. The minimum Gasteiger partial charge on any atom is -0.445 e. The molecule has 36 heavy (non-hydrogen) atoms. The minimum atomic E-state index is -4.02. The summed E-state index contributed by atoms with van der Waals surface area (Å²) in [5.41, 5.74) is 5.36. The lowest BCUT2D eigenvalue weighted by atomic mass is 9.87. The number of anilines is 1. The zero-order valence-corrected chi connectivity index (χ0v) is 20.5. The van der Waals surface area contributed by atoms with E-state index in [1.165, 1.54) is 12.1 Å². The van der Waals surface area contributed by atoms with E-state index in [9.17, 15) is 31.2 Å². The molecule has 4 atom stereocenters. The Labute approximate surface area is 210 Å². The van der Waals surface area contributed by atoms with Crippen molar-refractivity contribution in [3.05, 3.63) is 70.0 Å². The molecule has 0 aliphatic heterocycles. The molecule has 1 fully saturated rings. The molecule has 192 valence electrons. The maximum absolute atomic E-state index is 13.8. The van der Waals surface area contributed by atoms with Gasteiger partial charge in [-0.25, -0.2) is 26.4 Å². The minimum absolute atomic E-state index is 0.0111. The van der Waals surface area contributed by atoms with Crippen LogP contribution in [0.25, 0.3) is 0 Å². The van der Waals surface area contributed by atoms with Crippen molar-refractivity contribution in [1.82, 2.24) is 0 Å². The number of allylic oxidation sites excluding steroid dienone is 1. The number of carbonyl (C=O) groups excluding carboxylic acids is 2. The van der Waals surface area contributed by atoms with Gasteiger partial charge in [0.15, 0.2) is 27.3 Å². The van der Waals surface area contributed by atoms with Gasteiger partial charge in [0, 0.05) is 23.4 Å². The highest BCUT2D eigenvalue weighted by molar-refractivity contribution is 7.92. The lowest BCUT2D eigenvalue weighted by molar-refractivity contribution is 0.102. The second-order valence-corrected chi connectivity index (χ2v) is 11.5. The van der Waals surface area contributed by atoms with E-state index in [1.807, 2.05) is 6.92 Å². The third-order valence-corrected chi connectivity index (χ3v) is 9.47. The fraction of sp³-hybridized carbons (Fsp3) is 0.333. The molecule has 1 saturated carbocycles. The quantitative estimate of drug-likeness (QED) is 0.400. The van der Waals surface area contributed by atoms with Crippen LogP contribution in [0.5, 0.6) is 0 Å². The first-order valence-corrected chi connectivity index (χ1v) is 12.9. The number of benzene rings is 2. The highest BCUT2D eigenvalue weighted by atomic mass is 35.5. The van der Waals surface area contributed by atoms with Crippen LogP contribution in [0, 0.1) is 35.2 Å². The first-order chi connectivity index (χ1) is 16.9. The van der Waals surface area contributed by atoms with Crippen LogP contribution in [0.2, 0.25) is 5.02 Å². The smallest absolute Gasteiger partial charge is 0.404 e. The van der Waals surface area contributed by atoms with Crippen LogP contribution >= 0.6 is 11.6 Å². The van der Waals surface area contributed by atoms with Crippen molar-refractivity contribution in [2.45, 2.75) is 29.9 Å². The Bertz CT molecular complexity index is 1360. The summed E-state index contributed by atoms with van der Waals surface area (Å²) < 4.78 is 72.6. The molecule has 12 heteroatoms. The molecule has 0 heterocycles. The predicted octanol–water partition coefficient (Wildman–Crippen LogP) is 4.85. The van der Waals surface area contributed by atoms with E-state index in [0.717, 1.165) is 11.6 Å². The summed E-state index contributed by atoms with van der Waals surface area (Å²) in [6, 6.07) is 4.85. The monoisotopic (exact) mass is 542 g/mol. The molecule has 2 aromatic carbocycles. The van der Waals surface area contributed by atoms with Crippen LogP contribution < -0.4 is 11.1 Å². The van der Waals surface area contributed by atoms with E-state index in [-0.39, 0.29) is 45.5 Å². The molecule has 0 spiro atoms. The van der Waals surface area contributed by atoms with Crippen molar-refractivity contribution in [1.29, 1.82) is 0 Å². The Morgan fingerprint density at radius 3 is 2.44 bits per heavy atom. The van der Waals surface area contributed by atoms with Crippen molar-refractivity contribution >= 4 is 39.1 Å². The average Bonchev–Trinajstić information content (AvgIpc) is 3.02. The van der Waals surface area contributed by atoms with Gasteiger partial charge in [0.1, 0.15) is 6.61 Å². The molecule has 0 aromatic heterocycles. The highest BCUT2D eigenvalue weighted by Crippen LogP contribution is 2.50.